The molecular weight excluding hydrogens is 545 g/mol. The van der Waals surface area contributed by atoms with Crippen LogP contribution in [0.2, 0.25) is 0 Å². The summed E-state index contributed by atoms with van der Waals surface area (Å²) >= 11 is 0. The third-order valence-electron chi connectivity index (χ3n) is 5.31. The Kier molecular flexibility index (Phi) is 8.93. The summed E-state index contributed by atoms with van der Waals surface area (Å²) in [4.78, 5) is 62.3. The van der Waals surface area contributed by atoms with Crippen molar-refractivity contribution in [3.8, 4) is 11.5 Å². The lowest BCUT2D eigenvalue weighted by molar-refractivity contribution is -0.202. The van der Waals surface area contributed by atoms with Gasteiger partial charge < -0.3 is 36.1 Å². The molecule has 0 aromatic heterocycles. The van der Waals surface area contributed by atoms with E-state index in [-0.39, 0.29) is 30.3 Å². The molecule has 0 saturated heterocycles. The summed E-state index contributed by atoms with van der Waals surface area (Å²) in [5, 5.41) is 11.2. The number of aliphatic carboxylic acids is 1. The second-order valence-electron chi connectivity index (χ2n) is 8.31. The van der Waals surface area contributed by atoms with Gasteiger partial charge in [0, 0.05) is 24.0 Å². The average molecular weight is 566 g/mol. The fourth-order valence-electron chi connectivity index (χ4n) is 3.52. The predicted octanol–water partition coefficient (Wildman–Crippen LogP) is 1.27. The van der Waals surface area contributed by atoms with Gasteiger partial charge in [0.25, 0.3) is 0 Å². The number of carbonyl (C=O) groups excluding carboxylic acids is 4. The summed E-state index contributed by atoms with van der Waals surface area (Å²) in [6, 6.07) is 8.42. The molecule has 16 heteroatoms. The van der Waals surface area contributed by atoms with Crippen molar-refractivity contribution in [3.63, 3.8) is 0 Å². The van der Waals surface area contributed by atoms with Crippen molar-refractivity contribution in [1.29, 1.82) is 0 Å². The number of nitrogens with one attached hydrogen (secondary N) is 1. The molecule has 6 N–H and O–H groups in total. The summed E-state index contributed by atoms with van der Waals surface area (Å²) in [6.07, 6.45) is -6.98. The van der Waals surface area contributed by atoms with Crippen LogP contribution in [0.3, 0.4) is 0 Å². The van der Waals surface area contributed by atoms with Gasteiger partial charge in [-0.2, -0.15) is 13.2 Å². The van der Waals surface area contributed by atoms with Gasteiger partial charge >= 0.3 is 30.1 Å². The van der Waals surface area contributed by atoms with Gasteiger partial charge in [-0.25, -0.2) is 19.4 Å². The zero-order valence-corrected chi connectivity index (χ0v) is 20.3. The molecule has 2 aromatic carbocycles. The number of fused-ring (bicyclic) bond motifs is 1. The molecule has 0 bridgehead atoms. The highest BCUT2D eigenvalue weighted by atomic mass is 19.4. The van der Waals surface area contributed by atoms with Crippen LogP contribution in [0.25, 0.3) is 0 Å². The van der Waals surface area contributed by atoms with Crippen molar-refractivity contribution in [3.05, 3.63) is 53.6 Å². The SMILES string of the molecule is NC(N)=Nc1ccc(C(=O)Oc2ccc3c(c2)OC[C@@H]3CC(=O)N[C@@H](CC(=O)OC(=O)C(F)(F)F)C(=O)O)cc1. The topological polar surface area (TPSA) is 210 Å². The van der Waals surface area contributed by atoms with Crippen molar-refractivity contribution in [2.45, 2.75) is 31.0 Å². The third-order valence-corrected chi connectivity index (χ3v) is 5.31. The quantitative estimate of drug-likeness (QED) is 0.112. The molecule has 0 aliphatic carbocycles. The Bertz CT molecular complexity index is 1360. The number of esters is 3. The minimum Gasteiger partial charge on any atom is -0.492 e. The molecule has 0 spiro atoms. The first kappa shape index (κ1) is 29.4. The maximum absolute atomic E-state index is 12.4. The highest BCUT2D eigenvalue weighted by Crippen LogP contribution is 2.38. The number of carbonyl (C=O) groups is 5. The zero-order chi connectivity index (χ0) is 29.6. The van der Waals surface area contributed by atoms with E-state index in [0.717, 1.165) is 0 Å². The van der Waals surface area contributed by atoms with Gasteiger partial charge in [-0.15, -0.1) is 0 Å². The van der Waals surface area contributed by atoms with Crippen LogP contribution in [-0.4, -0.2) is 59.7 Å². The highest BCUT2D eigenvalue weighted by molar-refractivity contribution is 5.93. The van der Waals surface area contributed by atoms with E-state index in [4.69, 9.17) is 20.9 Å². The van der Waals surface area contributed by atoms with Crippen LogP contribution < -0.4 is 26.3 Å². The number of halogens is 3. The van der Waals surface area contributed by atoms with Crippen molar-refractivity contribution < 1.29 is 56.5 Å². The maximum atomic E-state index is 12.4. The number of hydrogen-bond acceptors (Lipinski definition) is 9. The van der Waals surface area contributed by atoms with Crippen LogP contribution in [0.15, 0.2) is 47.5 Å². The number of alkyl halides is 3. The van der Waals surface area contributed by atoms with Crippen molar-refractivity contribution in [2.75, 3.05) is 6.61 Å². The van der Waals surface area contributed by atoms with Crippen molar-refractivity contribution >= 4 is 41.4 Å². The number of hydrogen-bond donors (Lipinski definition) is 4. The number of carboxylic acids is 1. The molecule has 3 rings (SSSR count). The van der Waals surface area contributed by atoms with E-state index in [1.165, 1.54) is 36.4 Å². The number of benzene rings is 2. The Labute approximate surface area is 222 Å². The monoisotopic (exact) mass is 566 g/mol. The minimum atomic E-state index is -5.45. The van der Waals surface area contributed by atoms with Crippen LogP contribution in [0.1, 0.15) is 34.7 Å². The van der Waals surface area contributed by atoms with Crippen molar-refractivity contribution in [1.82, 2.24) is 5.32 Å². The van der Waals surface area contributed by atoms with Gasteiger partial charge in [-0.05, 0) is 30.3 Å². The number of amides is 1. The van der Waals surface area contributed by atoms with Gasteiger partial charge in [0.15, 0.2) is 5.96 Å². The molecule has 2 atom stereocenters. The van der Waals surface area contributed by atoms with Gasteiger partial charge in [0.05, 0.1) is 24.3 Å². The molecule has 13 nitrogen and oxygen atoms in total. The van der Waals surface area contributed by atoms with E-state index in [1.54, 1.807) is 6.07 Å². The second kappa shape index (κ2) is 12.1. The van der Waals surface area contributed by atoms with Gasteiger partial charge in [-0.1, -0.05) is 6.07 Å². The molecule has 2 aromatic rings. The standard InChI is InChI=1S/C24H21F3N4O9/c25-24(26,27)22(37)40-19(33)9-16(20(34)35)31-18(32)7-12-10-38-17-8-14(5-6-15(12)17)39-21(36)11-1-3-13(4-2-11)30-23(28)29/h1-6,8,12,16H,7,9-10H2,(H,31,32)(H,34,35)(H4,28,29,30)/t12-,16-/m0/s1. The smallest absolute Gasteiger partial charge is 0.491 e. The minimum absolute atomic E-state index is 0.00622. The number of ether oxygens (including phenoxy) is 3. The average Bonchev–Trinajstić information content (AvgIpc) is 3.24. The summed E-state index contributed by atoms with van der Waals surface area (Å²) in [5.74, 6) is -8.12. The predicted molar refractivity (Wildman–Crippen MR) is 128 cm³/mol. The zero-order valence-electron chi connectivity index (χ0n) is 20.3. The molecule has 0 unspecified atom stereocenters. The van der Waals surface area contributed by atoms with E-state index in [0.29, 0.717) is 17.0 Å². The Morgan fingerprint density at radius 3 is 2.38 bits per heavy atom. The van der Waals surface area contributed by atoms with E-state index in [9.17, 15) is 42.3 Å². The first-order chi connectivity index (χ1) is 18.7. The van der Waals surface area contributed by atoms with Gasteiger partial charge in [-0.3, -0.25) is 9.59 Å². The van der Waals surface area contributed by atoms with Crippen LogP contribution in [0.4, 0.5) is 18.9 Å². The second-order valence-corrected chi connectivity index (χ2v) is 8.31. The largest absolute Gasteiger partial charge is 0.492 e. The molecule has 0 radical (unpaired) electrons. The molecule has 1 heterocycles. The maximum Gasteiger partial charge on any atom is 0.491 e. The number of aliphatic imine (C=N–C) groups is 1. The number of carboxylic acid groups (broad SMARTS) is 1. The highest BCUT2D eigenvalue weighted by Gasteiger charge is 2.43. The lowest BCUT2D eigenvalue weighted by Gasteiger charge is -2.15. The molecule has 0 saturated carbocycles. The molecule has 40 heavy (non-hydrogen) atoms. The van der Waals surface area contributed by atoms with Crippen LogP contribution in [-0.2, 0) is 23.9 Å². The summed E-state index contributed by atoms with van der Waals surface area (Å²) in [6.45, 7) is 0.00622. The number of guanidine groups is 1. The molecule has 0 fully saturated rings. The first-order valence-electron chi connectivity index (χ1n) is 11.3. The number of rotatable bonds is 9. The Morgan fingerprint density at radius 1 is 1.10 bits per heavy atom. The van der Waals surface area contributed by atoms with E-state index >= 15 is 0 Å². The molecule has 1 amide bonds. The lowest BCUT2D eigenvalue weighted by Crippen LogP contribution is -2.43. The summed E-state index contributed by atoms with van der Waals surface area (Å²) in [5.41, 5.74) is 11.8. The van der Waals surface area contributed by atoms with E-state index in [2.05, 4.69) is 9.73 Å². The molecule has 1 aliphatic rings. The number of nitrogens with zero attached hydrogens (tertiary/aromatic N) is 1. The molecule has 212 valence electrons. The summed E-state index contributed by atoms with van der Waals surface area (Å²) < 4.78 is 51.1. The number of nitrogens with two attached hydrogens (primary N) is 2. The van der Waals surface area contributed by atoms with Gasteiger partial charge in [0.2, 0.25) is 5.91 Å². The first-order valence-corrected chi connectivity index (χ1v) is 11.3. The fraction of sp³-hybridized carbons (Fsp3) is 0.250. The normalized spacial score (nSPS) is 14.6. The lowest BCUT2D eigenvalue weighted by atomic mass is 9.97. The van der Waals surface area contributed by atoms with Crippen LogP contribution in [0, 0.1) is 0 Å². The van der Waals surface area contributed by atoms with Crippen molar-refractivity contribution in [2.24, 2.45) is 16.5 Å². The summed E-state index contributed by atoms with van der Waals surface area (Å²) in [7, 11) is 0. The third kappa shape index (κ3) is 7.92. The van der Waals surface area contributed by atoms with Crippen LogP contribution >= 0.6 is 0 Å². The Morgan fingerprint density at radius 2 is 1.77 bits per heavy atom. The molecule has 1 aliphatic heterocycles. The van der Waals surface area contributed by atoms with Gasteiger partial charge in [0.1, 0.15) is 17.5 Å². The Balaban J connectivity index is 1.58. The fourth-order valence-corrected chi connectivity index (χ4v) is 3.52. The molecular formula is C24H21F3N4O9. The van der Waals surface area contributed by atoms with E-state index in [1.807, 2.05) is 5.32 Å². The van der Waals surface area contributed by atoms with E-state index < -0.39 is 54.3 Å². The Hall–Kier alpha value is -5.15. The van der Waals surface area contributed by atoms with Crippen LogP contribution in [0.5, 0.6) is 11.5 Å².